The van der Waals surface area contributed by atoms with Crippen LogP contribution in [0.1, 0.15) is 30.4 Å². The van der Waals surface area contributed by atoms with Gasteiger partial charge in [0.2, 0.25) is 5.91 Å². The van der Waals surface area contributed by atoms with E-state index in [4.69, 9.17) is 5.73 Å². The maximum absolute atomic E-state index is 12.2. The number of aryl methyl sites for hydroxylation is 2. The summed E-state index contributed by atoms with van der Waals surface area (Å²) in [7, 11) is 0. The van der Waals surface area contributed by atoms with Crippen molar-refractivity contribution in [1.29, 1.82) is 0 Å². The van der Waals surface area contributed by atoms with Crippen molar-refractivity contribution in [3.05, 3.63) is 29.3 Å². The first-order chi connectivity index (χ1) is 10.1. The minimum Gasteiger partial charge on any atom is -0.330 e. The summed E-state index contributed by atoms with van der Waals surface area (Å²) in [6.07, 6.45) is 3.43. The van der Waals surface area contributed by atoms with Crippen LogP contribution in [0.15, 0.2) is 18.2 Å². The molecule has 116 valence electrons. The van der Waals surface area contributed by atoms with Crippen LogP contribution >= 0.6 is 0 Å². The van der Waals surface area contributed by atoms with Crippen molar-refractivity contribution in [3.63, 3.8) is 0 Å². The predicted octanol–water partition coefficient (Wildman–Crippen LogP) is 2.30. The highest BCUT2D eigenvalue weighted by molar-refractivity contribution is 5.93. The smallest absolute Gasteiger partial charge is 0.238 e. The second-order valence-corrected chi connectivity index (χ2v) is 6.16. The fraction of sp³-hybridized carbons (Fsp3) is 0.588. The zero-order chi connectivity index (χ0) is 15.2. The monoisotopic (exact) mass is 289 g/mol. The van der Waals surface area contributed by atoms with Crippen LogP contribution in [0.4, 0.5) is 5.69 Å². The Kier molecular flexibility index (Phi) is 5.76. The Morgan fingerprint density at radius 3 is 2.71 bits per heavy atom. The molecule has 1 aliphatic rings. The summed E-state index contributed by atoms with van der Waals surface area (Å²) in [6.45, 7) is 7.33. The Bertz CT molecular complexity index is 479. The van der Waals surface area contributed by atoms with Gasteiger partial charge in [-0.15, -0.1) is 0 Å². The molecule has 1 aliphatic heterocycles. The van der Waals surface area contributed by atoms with E-state index in [1.165, 1.54) is 5.56 Å². The van der Waals surface area contributed by atoms with Gasteiger partial charge in [0, 0.05) is 5.69 Å². The molecule has 4 heteroatoms. The molecule has 0 radical (unpaired) electrons. The lowest BCUT2D eigenvalue weighted by Crippen LogP contribution is -2.39. The van der Waals surface area contributed by atoms with Crippen molar-refractivity contribution in [3.8, 4) is 0 Å². The Morgan fingerprint density at radius 1 is 1.33 bits per heavy atom. The van der Waals surface area contributed by atoms with Crippen molar-refractivity contribution in [2.75, 3.05) is 31.5 Å². The molecule has 21 heavy (non-hydrogen) atoms. The molecule has 1 amide bonds. The zero-order valence-electron chi connectivity index (χ0n) is 13.2. The molecular weight excluding hydrogens is 262 g/mol. The van der Waals surface area contributed by atoms with Crippen molar-refractivity contribution in [2.45, 2.75) is 33.1 Å². The SMILES string of the molecule is Cc1ccc(C)c(NC(=O)CN2CCC(CCN)CC2)c1. The average Bonchev–Trinajstić information content (AvgIpc) is 2.45. The van der Waals surface area contributed by atoms with Crippen molar-refractivity contribution in [2.24, 2.45) is 11.7 Å². The third kappa shape index (κ3) is 4.83. The number of hydrogen-bond donors (Lipinski definition) is 2. The number of anilines is 1. The fourth-order valence-corrected chi connectivity index (χ4v) is 2.93. The maximum atomic E-state index is 12.2. The van der Waals surface area contributed by atoms with Gasteiger partial charge in [-0.05, 0) is 75.9 Å². The van der Waals surface area contributed by atoms with Crippen LogP contribution in [-0.4, -0.2) is 37.0 Å². The summed E-state index contributed by atoms with van der Waals surface area (Å²) in [4.78, 5) is 14.4. The van der Waals surface area contributed by atoms with E-state index in [0.29, 0.717) is 6.54 Å². The normalized spacial score (nSPS) is 16.9. The lowest BCUT2D eigenvalue weighted by molar-refractivity contribution is -0.117. The van der Waals surface area contributed by atoms with Gasteiger partial charge in [0.05, 0.1) is 6.54 Å². The van der Waals surface area contributed by atoms with Gasteiger partial charge < -0.3 is 11.1 Å². The minimum absolute atomic E-state index is 0.0842. The lowest BCUT2D eigenvalue weighted by atomic mass is 9.94. The minimum atomic E-state index is 0.0842. The second-order valence-electron chi connectivity index (χ2n) is 6.16. The average molecular weight is 289 g/mol. The molecule has 0 unspecified atom stereocenters. The Balaban J connectivity index is 1.81. The van der Waals surface area contributed by atoms with E-state index in [-0.39, 0.29) is 5.91 Å². The molecule has 1 saturated heterocycles. The summed E-state index contributed by atoms with van der Waals surface area (Å²) in [6, 6.07) is 6.14. The van der Waals surface area contributed by atoms with Crippen LogP contribution in [0.2, 0.25) is 0 Å². The Hall–Kier alpha value is -1.39. The number of hydrogen-bond acceptors (Lipinski definition) is 3. The van der Waals surface area contributed by atoms with Crippen LogP contribution in [0, 0.1) is 19.8 Å². The summed E-state index contributed by atoms with van der Waals surface area (Å²) in [5, 5.41) is 3.03. The number of rotatable bonds is 5. The predicted molar refractivity (Wildman–Crippen MR) is 87.4 cm³/mol. The van der Waals surface area contributed by atoms with Gasteiger partial charge in [0.1, 0.15) is 0 Å². The number of amides is 1. The highest BCUT2D eigenvalue weighted by atomic mass is 16.2. The van der Waals surface area contributed by atoms with Gasteiger partial charge in [-0.3, -0.25) is 9.69 Å². The van der Waals surface area contributed by atoms with Gasteiger partial charge in [0.15, 0.2) is 0 Å². The summed E-state index contributed by atoms with van der Waals surface area (Å²) >= 11 is 0. The molecule has 1 heterocycles. The van der Waals surface area contributed by atoms with E-state index in [1.807, 2.05) is 26.0 Å². The lowest BCUT2D eigenvalue weighted by Gasteiger charge is -2.31. The van der Waals surface area contributed by atoms with E-state index >= 15 is 0 Å². The van der Waals surface area contributed by atoms with Gasteiger partial charge in [-0.25, -0.2) is 0 Å². The number of piperidine rings is 1. The van der Waals surface area contributed by atoms with E-state index in [0.717, 1.165) is 56.1 Å². The van der Waals surface area contributed by atoms with Crippen molar-refractivity contribution < 1.29 is 4.79 Å². The quantitative estimate of drug-likeness (QED) is 0.874. The number of benzene rings is 1. The number of nitrogens with one attached hydrogen (secondary N) is 1. The molecule has 0 atom stereocenters. The molecule has 1 aromatic carbocycles. The third-order valence-corrected chi connectivity index (χ3v) is 4.32. The van der Waals surface area contributed by atoms with E-state index < -0.39 is 0 Å². The number of carbonyl (C=O) groups is 1. The summed E-state index contributed by atoms with van der Waals surface area (Å²) < 4.78 is 0. The summed E-state index contributed by atoms with van der Waals surface area (Å²) in [5.74, 6) is 0.828. The highest BCUT2D eigenvalue weighted by Gasteiger charge is 2.20. The van der Waals surface area contributed by atoms with Gasteiger partial charge in [0.25, 0.3) is 0 Å². The van der Waals surface area contributed by atoms with Crippen LogP contribution in [-0.2, 0) is 4.79 Å². The van der Waals surface area contributed by atoms with Crippen LogP contribution in [0.25, 0.3) is 0 Å². The Morgan fingerprint density at radius 2 is 2.05 bits per heavy atom. The number of nitrogens with two attached hydrogens (primary N) is 1. The molecule has 0 saturated carbocycles. The maximum Gasteiger partial charge on any atom is 0.238 e. The van der Waals surface area contributed by atoms with E-state index in [1.54, 1.807) is 0 Å². The van der Waals surface area contributed by atoms with Crippen molar-refractivity contribution >= 4 is 11.6 Å². The first-order valence-corrected chi connectivity index (χ1v) is 7.88. The van der Waals surface area contributed by atoms with Gasteiger partial charge in [-0.2, -0.15) is 0 Å². The molecule has 2 rings (SSSR count). The van der Waals surface area contributed by atoms with Gasteiger partial charge in [-0.1, -0.05) is 12.1 Å². The van der Waals surface area contributed by atoms with E-state index in [9.17, 15) is 4.79 Å². The highest BCUT2D eigenvalue weighted by Crippen LogP contribution is 2.20. The first kappa shape index (κ1) is 16.0. The van der Waals surface area contributed by atoms with E-state index in [2.05, 4.69) is 16.3 Å². The van der Waals surface area contributed by atoms with Gasteiger partial charge >= 0.3 is 0 Å². The van der Waals surface area contributed by atoms with Crippen LogP contribution < -0.4 is 11.1 Å². The summed E-state index contributed by atoms with van der Waals surface area (Å²) in [5.41, 5.74) is 8.81. The molecule has 0 aromatic heterocycles. The largest absolute Gasteiger partial charge is 0.330 e. The standard InChI is InChI=1S/C17H27N3O/c1-13-3-4-14(2)16(11-13)19-17(21)12-20-9-6-15(5-8-18)7-10-20/h3-4,11,15H,5-10,12,18H2,1-2H3,(H,19,21). The molecule has 3 N–H and O–H groups in total. The zero-order valence-corrected chi connectivity index (χ0v) is 13.2. The Labute approximate surface area is 127 Å². The number of nitrogens with zero attached hydrogens (tertiary/aromatic N) is 1. The molecule has 0 bridgehead atoms. The second kappa shape index (κ2) is 7.57. The van der Waals surface area contributed by atoms with Crippen molar-refractivity contribution in [1.82, 2.24) is 4.90 Å². The van der Waals surface area contributed by atoms with Crippen LogP contribution in [0.3, 0.4) is 0 Å². The van der Waals surface area contributed by atoms with Crippen LogP contribution in [0.5, 0.6) is 0 Å². The number of likely N-dealkylation sites (tertiary alicyclic amines) is 1. The molecule has 0 aliphatic carbocycles. The molecule has 1 aromatic rings. The third-order valence-electron chi connectivity index (χ3n) is 4.32. The first-order valence-electron chi connectivity index (χ1n) is 7.88. The number of carbonyl (C=O) groups excluding carboxylic acids is 1. The molecule has 0 spiro atoms. The fourth-order valence-electron chi connectivity index (χ4n) is 2.93. The molecule has 4 nitrogen and oxygen atoms in total. The molecular formula is C17H27N3O. The topological polar surface area (TPSA) is 58.4 Å². The molecule has 1 fully saturated rings.